The van der Waals surface area contributed by atoms with E-state index in [0.29, 0.717) is 13.0 Å². The SMILES string of the molecule is Cl.NCC(=O)NCc1cccc(N2CCCC2=O)c1. The van der Waals surface area contributed by atoms with Crippen LogP contribution in [-0.4, -0.2) is 24.9 Å². The van der Waals surface area contributed by atoms with Gasteiger partial charge in [0.15, 0.2) is 0 Å². The summed E-state index contributed by atoms with van der Waals surface area (Å²) in [5.41, 5.74) is 7.09. The fraction of sp³-hybridized carbons (Fsp3) is 0.385. The first-order chi connectivity index (χ1) is 8.70. The smallest absolute Gasteiger partial charge is 0.234 e. The summed E-state index contributed by atoms with van der Waals surface area (Å²) >= 11 is 0. The van der Waals surface area contributed by atoms with Gasteiger partial charge in [0.1, 0.15) is 0 Å². The van der Waals surface area contributed by atoms with E-state index in [1.54, 1.807) is 4.90 Å². The van der Waals surface area contributed by atoms with Gasteiger partial charge in [-0.3, -0.25) is 9.59 Å². The van der Waals surface area contributed by atoms with Crippen molar-refractivity contribution < 1.29 is 9.59 Å². The van der Waals surface area contributed by atoms with Crippen LogP contribution >= 0.6 is 12.4 Å². The summed E-state index contributed by atoms with van der Waals surface area (Å²) in [6.45, 7) is 1.20. The summed E-state index contributed by atoms with van der Waals surface area (Å²) < 4.78 is 0. The zero-order valence-electron chi connectivity index (χ0n) is 10.6. The quantitative estimate of drug-likeness (QED) is 0.859. The fourth-order valence-corrected chi connectivity index (χ4v) is 2.03. The van der Waals surface area contributed by atoms with Gasteiger partial charge in [-0.1, -0.05) is 12.1 Å². The van der Waals surface area contributed by atoms with Gasteiger partial charge >= 0.3 is 0 Å². The molecule has 1 aromatic carbocycles. The van der Waals surface area contributed by atoms with Gasteiger partial charge in [0.2, 0.25) is 11.8 Å². The van der Waals surface area contributed by atoms with Crippen LogP contribution in [0.2, 0.25) is 0 Å². The molecule has 0 saturated carbocycles. The lowest BCUT2D eigenvalue weighted by atomic mass is 10.2. The van der Waals surface area contributed by atoms with Gasteiger partial charge in [-0.15, -0.1) is 12.4 Å². The number of rotatable bonds is 4. The molecule has 104 valence electrons. The molecule has 0 radical (unpaired) electrons. The Bertz CT molecular complexity index is 465. The lowest BCUT2D eigenvalue weighted by Gasteiger charge is -2.16. The molecule has 1 aromatic rings. The van der Waals surface area contributed by atoms with Crippen molar-refractivity contribution in [2.75, 3.05) is 18.0 Å². The third-order valence-electron chi connectivity index (χ3n) is 2.97. The molecule has 19 heavy (non-hydrogen) atoms. The molecule has 2 rings (SSSR count). The number of hydrogen-bond donors (Lipinski definition) is 2. The first-order valence-electron chi connectivity index (χ1n) is 6.07. The molecule has 3 N–H and O–H groups in total. The van der Waals surface area contributed by atoms with Crippen LogP contribution in [0.25, 0.3) is 0 Å². The van der Waals surface area contributed by atoms with Gasteiger partial charge in [-0.05, 0) is 24.1 Å². The van der Waals surface area contributed by atoms with Gasteiger partial charge in [0.05, 0.1) is 6.54 Å². The second kappa shape index (κ2) is 7.11. The van der Waals surface area contributed by atoms with E-state index in [2.05, 4.69) is 5.32 Å². The van der Waals surface area contributed by atoms with E-state index in [-0.39, 0.29) is 30.8 Å². The normalized spacial score (nSPS) is 14.2. The number of nitrogens with two attached hydrogens (primary N) is 1. The van der Waals surface area contributed by atoms with Crippen molar-refractivity contribution >= 4 is 29.9 Å². The standard InChI is InChI=1S/C13H17N3O2.ClH/c14-8-12(17)15-9-10-3-1-4-11(7-10)16-6-2-5-13(16)18;/h1,3-4,7H,2,5-6,8-9,14H2,(H,15,17);1H. The molecule has 1 aliphatic rings. The van der Waals surface area contributed by atoms with E-state index in [1.165, 1.54) is 0 Å². The lowest BCUT2D eigenvalue weighted by molar-refractivity contribution is -0.120. The largest absolute Gasteiger partial charge is 0.351 e. The summed E-state index contributed by atoms with van der Waals surface area (Å²) in [5.74, 6) is -0.0178. The van der Waals surface area contributed by atoms with Crippen molar-refractivity contribution in [3.8, 4) is 0 Å². The Kier molecular flexibility index (Phi) is 5.79. The van der Waals surface area contributed by atoms with Crippen LogP contribution in [0.5, 0.6) is 0 Å². The minimum absolute atomic E-state index is 0. The number of carbonyl (C=O) groups is 2. The van der Waals surface area contributed by atoms with Crippen LogP contribution in [0.4, 0.5) is 5.69 Å². The highest BCUT2D eigenvalue weighted by Crippen LogP contribution is 2.22. The highest BCUT2D eigenvalue weighted by atomic mass is 35.5. The van der Waals surface area contributed by atoms with Crippen LogP contribution in [0, 0.1) is 0 Å². The molecule has 0 unspecified atom stereocenters. The molecule has 0 aromatic heterocycles. The number of hydrogen-bond acceptors (Lipinski definition) is 3. The molecule has 1 fully saturated rings. The van der Waals surface area contributed by atoms with E-state index in [9.17, 15) is 9.59 Å². The second-order valence-electron chi connectivity index (χ2n) is 4.30. The third kappa shape index (κ3) is 3.94. The van der Waals surface area contributed by atoms with Crippen LogP contribution in [-0.2, 0) is 16.1 Å². The molecule has 1 heterocycles. The molecule has 0 bridgehead atoms. The van der Waals surface area contributed by atoms with E-state index in [0.717, 1.165) is 24.2 Å². The predicted molar refractivity (Wildman–Crippen MR) is 76.2 cm³/mol. The summed E-state index contributed by atoms with van der Waals surface area (Å²) in [5, 5.41) is 2.71. The summed E-state index contributed by atoms with van der Waals surface area (Å²) in [6.07, 6.45) is 1.53. The summed E-state index contributed by atoms with van der Waals surface area (Å²) in [4.78, 5) is 24.5. The minimum atomic E-state index is -0.183. The van der Waals surface area contributed by atoms with Gasteiger partial charge in [-0.25, -0.2) is 0 Å². The Morgan fingerprint density at radius 1 is 1.42 bits per heavy atom. The Hall–Kier alpha value is -1.59. The van der Waals surface area contributed by atoms with Crippen LogP contribution in [0.15, 0.2) is 24.3 Å². The average Bonchev–Trinajstić information content (AvgIpc) is 2.82. The number of nitrogens with zero attached hydrogens (tertiary/aromatic N) is 1. The van der Waals surface area contributed by atoms with Crippen molar-refractivity contribution in [3.63, 3.8) is 0 Å². The van der Waals surface area contributed by atoms with E-state index in [4.69, 9.17) is 5.73 Å². The number of carbonyl (C=O) groups excluding carboxylic acids is 2. The Morgan fingerprint density at radius 3 is 2.84 bits per heavy atom. The van der Waals surface area contributed by atoms with E-state index < -0.39 is 0 Å². The zero-order valence-corrected chi connectivity index (χ0v) is 11.4. The Balaban J connectivity index is 0.00000180. The molecule has 0 aliphatic carbocycles. The summed E-state index contributed by atoms with van der Waals surface area (Å²) in [7, 11) is 0. The van der Waals surface area contributed by atoms with Crippen molar-refractivity contribution in [1.82, 2.24) is 5.32 Å². The van der Waals surface area contributed by atoms with Crippen molar-refractivity contribution in [1.29, 1.82) is 0 Å². The second-order valence-corrected chi connectivity index (χ2v) is 4.30. The Morgan fingerprint density at radius 2 is 2.21 bits per heavy atom. The first-order valence-corrected chi connectivity index (χ1v) is 6.07. The topological polar surface area (TPSA) is 75.4 Å². The van der Waals surface area contributed by atoms with Gasteiger partial charge in [0.25, 0.3) is 0 Å². The van der Waals surface area contributed by atoms with Crippen molar-refractivity contribution in [2.45, 2.75) is 19.4 Å². The fourth-order valence-electron chi connectivity index (χ4n) is 2.03. The predicted octanol–water partition coefficient (Wildman–Crippen LogP) is 0.810. The number of benzene rings is 1. The number of nitrogens with one attached hydrogen (secondary N) is 1. The molecule has 2 amide bonds. The van der Waals surface area contributed by atoms with E-state index in [1.807, 2.05) is 24.3 Å². The Labute approximate surface area is 118 Å². The minimum Gasteiger partial charge on any atom is -0.351 e. The molecule has 5 nitrogen and oxygen atoms in total. The molecule has 1 aliphatic heterocycles. The average molecular weight is 284 g/mol. The van der Waals surface area contributed by atoms with Gasteiger partial charge in [0, 0.05) is 25.2 Å². The van der Waals surface area contributed by atoms with Gasteiger partial charge < -0.3 is 16.0 Å². The van der Waals surface area contributed by atoms with Crippen LogP contribution in [0.3, 0.4) is 0 Å². The first kappa shape index (κ1) is 15.5. The number of anilines is 1. The zero-order chi connectivity index (χ0) is 13.0. The van der Waals surface area contributed by atoms with Crippen molar-refractivity contribution in [2.24, 2.45) is 5.73 Å². The molecule has 0 atom stereocenters. The maximum absolute atomic E-state index is 11.6. The maximum Gasteiger partial charge on any atom is 0.234 e. The molecule has 1 saturated heterocycles. The highest BCUT2D eigenvalue weighted by Gasteiger charge is 2.21. The monoisotopic (exact) mass is 283 g/mol. The number of halogens is 1. The van der Waals surface area contributed by atoms with Crippen LogP contribution < -0.4 is 16.0 Å². The van der Waals surface area contributed by atoms with E-state index >= 15 is 0 Å². The molecular formula is C13H18ClN3O2. The molecule has 0 spiro atoms. The molecule has 6 heteroatoms. The van der Waals surface area contributed by atoms with Crippen LogP contribution in [0.1, 0.15) is 18.4 Å². The summed E-state index contributed by atoms with van der Waals surface area (Å²) in [6, 6.07) is 7.66. The maximum atomic E-state index is 11.6. The number of amides is 2. The highest BCUT2D eigenvalue weighted by molar-refractivity contribution is 5.95. The lowest BCUT2D eigenvalue weighted by Crippen LogP contribution is -2.29. The van der Waals surface area contributed by atoms with Gasteiger partial charge in [-0.2, -0.15) is 0 Å². The third-order valence-corrected chi connectivity index (χ3v) is 2.97. The van der Waals surface area contributed by atoms with Crippen molar-refractivity contribution in [3.05, 3.63) is 29.8 Å². The molecular weight excluding hydrogens is 266 g/mol.